The van der Waals surface area contributed by atoms with E-state index in [0.29, 0.717) is 29.2 Å². The molecule has 7 nitrogen and oxygen atoms in total. The summed E-state index contributed by atoms with van der Waals surface area (Å²) in [6, 6.07) is 15.6. The molecular formula is C26H26ClFN4O3. The van der Waals surface area contributed by atoms with E-state index >= 15 is 0 Å². The molecule has 1 heterocycles. The van der Waals surface area contributed by atoms with Gasteiger partial charge in [0.05, 0.1) is 23.2 Å². The molecule has 0 saturated heterocycles. The van der Waals surface area contributed by atoms with Crippen LogP contribution in [0, 0.1) is 17.7 Å². The Morgan fingerprint density at radius 3 is 2.23 bits per heavy atom. The summed E-state index contributed by atoms with van der Waals surface area (Å²) in [5.41, 5.74) is 0.635. The molecule has 2 amide bonds. The van der Waals surface area contributed by atoms with Crippen molar-refractivity contribution in [2.45, 2.75) is 18.9 Å². The molecule has 1 aliphatic rings. The van der Waals surface area contributed by atoms with Gasteiger partial charge < -0.3 is 15.5 Å². The Labute approximate surface area is 207 Å². The second-order valence-corrected chi connectivity index (χ2v) is 9.30. The molecule has 182 valence electrons. The highest BCUT2D eigenvalue weighted by atomic mass is 35.5. The van der Waals surface area contributed by atoms with E-state index in [9.17, 15) is 18.8 Å². The Kier molecular flexibility index (Phi) is 7.33. The van der Waals surface area contributed by atoms with Crippen LogP contribution in [-0.2, 0) is 9.59 Å². The van der Waals surface area contributed by atoms with Gasteiger partial charge in [-0.3, -0.25) is 19.0 Å². The molecule has 0 bridgehead atoms. The molecule has 35 heavy (non-hydrogen) atoms. The number of carbonyl (C=O) groups is 2. The molecule has 9 heteroatoms. The maximum atomic E-state index is 14.9. The van der Waals surface area contributed by atoms with Gasteiger partial charge in [-0.1, -0.05) is 17.7 Å². The van der Waals surface area contributed by atoms with E-state index in [1.807, 2.05) is 19.0 Å². The molecule has 2 aromatic carbocycles. The molecule has 4 rings (SSSR count). The minimum absolute atomic E-state index is 0.00658. The topological polar surface area (TPSA) is 83.4 Å². The van der Waals surface area contributed by atoms with Crippen LogP contribution in [0.1, 0.15) is 12.8 Å². The van der Waals surface area contributed by atoms with Gasteiger partial charge in [0.1, 0.15) is 5.82 Å². The lowest BCUT2D eigenvalue weighted by atomic mass is 9.94. The number of halogens is 2. The van der Waals surface area contributed by atoms with Gasteiger partial charge >= 0.3 is 0 Å². The summed E-state index contributed by atoms with van der Waals surface area (Å²) in [7, 11) is 3.81. The fourth-order valence-corrected chi connectivity index (χ4v) is 4.53. The Bertz CT molecular complexity index is 1290. The summed E-state index contributed by atoms with van der Waals surface area (Å²) in [5.74, 6) is -2.57. The zero-order valence-corrected chi connectivity index (χ0v) is 20.1. The molecule has 1 aliphatic carbocycles. The highest BCUT2D eigenvalue weighted by molar-refractivity contribution is 6.30. The van der Waals surface area contributed by atoms with E-state index in [-0.39, 0.29) is 23.2 Å². The van der Waals surface area contributed by atoms with Crippen LogP contribution < -0.4 is 16.2 Å². The van der Waals surface area contributed by atoms with Crippen molar-refractivity contribution in [3.8, 4) is 5.69 Å². The first-order chi connectivity index (χ1) is 16.7. The average Bonchev–Trinajstić information content (AvgIpc) is 3.29. The highest BCUT2D eigenvalue weighted by Gasteiger charge is 2.43. The van der Waals surface area contributed by atoms with Crippen LogP contribution in [0.25, 0.3) is 5.69 Å². The van der Waals surface area contributed by atoms with E-state index in [2.05, 4.69) is 10.6 Å². The Morgan fingerprint density at radius 2 is 1.63 bits per heavy atom. The zero-order valence-electron chi connectivity index (χ0n) is 19.4. The van der Waals surface area contributed by atoms with Gasteiger partial charge in [-0.05, 0) is 69.4 Å². The number of benzene rings is 2. The van der Waals surface area contributed by atoms with Crippen LogP contribution in [0.3, 0.4) is 0 Å². The van der Waals surface area contributed by atoms with Gasteiger partial charge in [0.15, 0.2) is 0 Å². The van der Waals surface area contributed by atoms with Gasteiger partial charge in [-0.15, -0.1) is 0 Å². The normalized spacial score (nSPS) is 19.5. The molecule has 0 radical (unpaired) electrons. The molecular weight excluding hydrogens is 471 g/mol. The predicted molar refractivity (Wildman–Crippen MR) is 134 cm³/mol. The van der Waals surface area contributed by atoms with Crippen molar-refractivity contribution in [3.63, 3.8) is 0 Å². The largest absolute Gasteiger partial charge is 0.326 e. The monoisotopic (exact) mass is 496 g/mol. The third kappa shape index (κ3) is 5.61. The number of hydrogen-bond acceptors (Lipinski definition) is 4. The summed E-state index contributed by atoms with van der Waals surface area (Å²) < 4.78 is 16.2. The van der Waals surface area contributed by atoms with E-state index in [1.165, 1.54) is 22.8 Å². The Morgan fingerprint density at radius 1 is 0.971 bits per heavy atom. The van der Waals surface area contributed by atoms with Crippen molar-refractivity contribution in [3.05, 3.63) is 88.1 Å². The number of aromatic nitrogens is 1. The Balaban J connectivity index is 1.52. The first-order valence-corrected chi connectivity index (χ1v) is 11.6. The molecule has 2 N–H and O–H groups in total. The van der Waals surface area contributed by atoms with E-state index in [1.54, 1.807) is 48.7 Å². The van der Waals surface area contributed by atoms with Crippen molar-refractivity contribution in [1.82, 2.24) is 9.47 Å². The average molecular weight is 497 g/mol. The van der Waals surface area contributed by atoms with Gasteiger partial charge in [0, 0.05) is 35.1 Å². The molecule has 0 spiro atoms. The van der Waals surface area contributed by atoms with Gasteiger partial charge in [0.2, 0.25) is 11.8 Å². The lowest BCUT2D eigenvalue weighted by Gasteiger charge is -2.19. The number of pyridine rings is 1. The first kappa shape index (κ1) is 24.6. The Hall–Kier alpha value is -3.49. The SMILES string of the molecule is CN(C)C1C[C@H](C(=O)Nc2ccc(Cl)cc2)[C@@H](C(=O)Nc2ccc(-n3ccccc3=O)cc2F)C1. The predicted octanol–water partition coefficient (Wildman–Crippen LogP) is 4.16. The number of amides is 2. The number of anilines is 2. The van der Waals surface area contributed by atoms with E-state index < -0.39 is 23.6 Å². The minimum atomic E-state index is -0.670. The highest BCUT2D eigenvalue weighted by Crippen LogP contribution is 2.36. The lowest BCUT2D eigenvalue weighted by Crippen LogP contribution is -2.33. The van der Waals surface area contributed by atoms with Crippen molar-refractivity contribution >= 4 is 34.8 Å². The summed E-state index contributed by atoms with van der Waals surface area (Å²) in [4.78, 5) is 40.3. The van der Waals surface area contributed by atoms with Gasteiger partial charge in [-0.25, -0.2) is 4.39 Å². The van der Waals surface area contributed by atoms with Gasteiger partial charge in [0.25, 0.3) is 5.56 Å². The third-order valence-corrected chi connectivity index (χ3v) is 6.62. The molecule has 1 aromatic heterocycles. The van der Waals surface area contributed by atoms with Crippen LogP contribution in [-0.4, -0.2) is 41.4 Å². The van der Waals surface area contributed by atoms with Crippen LogP contribution in [0.4, 0.5) is 15.8 Å². The third-order valence-electron chi connectivity index (χ3n) is 6.36. The number of hydrogen-bond donors (Lipinski definition) is 2. The maximum absolute atomic E-state index is 14.9. The van der Waals surface area contributed by atoms with Crippen LogP contribution in [0.2, 0.25) is 5.02 Å². The maximum Gasteiger partial charge on any atom is 0.255 e. The number of nitrogens with zero attached hydrogens (tertiary/aromatic N) is 2. The standard InChI is InChI=1S/C26H26ClFN4O3/c1-31(2)19-13-20(25(34)29-17-8-6-16(27)7-9-17)21(14-19)26(35)30-23-11-10-18(15-22(23)28)32-12-4-3-5-24(32)33/h3-12,15,19-21H,13-14H2,1-2H3,(H,29,34)(H,30,35)/t19?,20-,21-/m0/s1. The second kappa shape index (κ2) is 10.4. The molecule has 0 aliphatic heterocycles. The lowest BCUT2D eigenvalue weighted by molar-refractivity contribution is -0.128. The van der Waals surface area contributed by atoms with Crippen LogP contribution in [0.15, 0.2) is 71.7 Å². The van der Waals surface area contributed by atoms with Crippen LogP contribution >= 0.6 is 11.6 Å². The van der Waals surface area contributed by atoms with Crippen molar-refractivity contribution in [2.24, 2.45) is 11.8 Å². The number of nitrogens with one attached hydrogen (secondary N) is 2. The van der Waals surface area contributed by atoms with E-state index in [4.69, 9.17) is 11.6 Å². The molecule has 1 unspecified atom stereocenters. The van der Waals surface area contributed by atoms with Crippen molar-refractivity contribution in [1.29, 1.82) is 0 Å². The minimum Gasteiger partial charge on any atom is -0.326 e. The summed E-state index contributed by atoms with van der Waals surface area (Å²) in [5, 5.41) is 6.06. The van der Waals surface area contributed by atoms with Gasteiger partial charge in [-0.2, -0.15) is 0 Å². The smallest absolute Gasteiger partial charge is 0.255 e. The molecule has 1 fully saturated rings. The molecule has 3 aromatic rings. The first-order valence-electron chi connectivity index (χ1n) is 11.2. The van der Waals surface area contributed by atoms with Crippen molar-refractivity contribution < 1.29 is 14.0 Å². The quantitative estimate of drug-likeness (QED) is 0.536. The zero-order chi connectivity index (χ0) is 25.1. The summed E-state index contributed by atoms with van der Waals surface area (Å²) in [6.07, 6.45) is 2.51. The van der Waals surface area contributed by atoms with Crippen molar-refractivity contribution in [2.75, 3.05) is 24.7 Å². The fourth-order valence-electron chi connectivity index (χ4n) is 4.40. The second-order valence-electron chi connectivity index (χ2n) is 8.86. The van der Waals surface area contributed by atoms with E-state index in [0.717, 1.165) is 0 Å². The summed E-state index contributed by atoms with van der Waals surface area (Å²) in [6.45, 7) is 0. The fraction of sp³-hybridized carbons (Fsp3) is 0.269. The number of carbonyl (C=O) groups excluding carboxylic acids is 2. The molecule has 1 saturated carbocycles. The van der Waals surface area contributed by atoms with Crippen LogP contribution in [0.5, 0.6) is 0 Å². The summed E-state index contributed by atoms with van der Waals surface area (Å²) >= 11 is 5.92. The number of rotatable bonds is 6. The molecule has 3 atom stereocenters.